The molecular weight excluding hydrogens is 538 g/mol. The second kappa shape index (κ2) is 10.6. The van der Waals surface area contributed by atoms with E-state index in [1.54, 1.807) is 18.2 Å². The van der Waals surface area contributed by atoms with Crippen LogP contribution in [0.1, 0.15) is 28.2 Å². The minimum absolute atomic E-state index is 0.0620. The van der Waals surface area contributed by atoms with Crippen LogP contribution < -0.4 is 10.1 Å². The van der Waals surface area contributed by atoms with Crippen molar-refractivity contribution in [1.29, 1.82) is 0 Å². The topological polar surface area (TPSA) is 87.7 Å². The van der Waals surface area contributed by atoms with E-state index >= 15 is 0 Å². The molecule has 5 rings (SSSR count). The molecule has 1 aliphatic carbocycles. The van der Waals surface area contributed by atoms with Crippen LogP contribution in [-0.4, -0.2) is 76.8 Å². The van der Waals surface area contributed by atoms with Crippen LogP contribution in [0.5, 0.6) is 5.75 Å². The molecule has 2 heterocycles. The van der Waals surface area contributed by atoms with Gasteiger partial charge in [0.25, 0.3) is 0 Å². The summed E-state index contributed by atoms with van der Waals surface area (Å²) < 4.78 is 57.5. The van der Waals surface area contributed by atoms with Crippen LogP contribution in [0.15, 0.2) is 42.5 Å². The molecule has 1 aliphatic heterocycles. The van der Waals surface area contributed by atoms with Gasteiger partial charge in [-0.1, -0.05) is 23.5 Å². The first-order valence-electron chi connectivity index (χ1n) is 12.3. The highest BCUT2D eigenvalue weighted by Crippen LogP contribution is 2.44. The maximum absolute atomic E-state index is 14.1. The number of ketones is 1. The third-order valence-electron chi connectivity index (χ3n) is 6.91. The number of nitrogens with one attached hydrogen (secondary N) is 1. The van der Waals surface area contributed by atoms with Gasteiger partial charge in [0.2, 0.25) is 5.91 Å². The predicted molar refractivity (Wildman–Crippen MR) is 136 cm³/mol. The van der Waals surface area contributed by atoms with E-state index in [1.165, 1.54) is 18.2 Å². The zero-order valence-electron chi connectivity index (χ0n) is 20.9. The van der Waals surface area contributed by atoms with Crippen LogP contribution in [0.25, 0.3) is 10.6 Å². The Morgan fingerprint density at radius 2 is 1.79 bits per heavy atom. The molecule has 2 aliphatic rings. The number of piperazine rings is 1. The molecule has 1 amide bonds. The summed E-state index contributed by atoms with van der Waals surface area (Å²) in [7, 11) is 1.99. The highest BCUT2D eigenvalue weighted by molar-refractivity contribution is 7.14. The first-order valence-corrected chi connectivity index (χ1v) is 13.1. The van der Waals surface area contributed by atoms with Crippen LogP contribution >= 0.6 is 11.3 Å². The summed E-state index contributed by atoms with van der Waals surface area (Å²) in [6, 6.07) is 9.42. The molecule has 1 saturated carbocycles. The minimum atomic E-state index is -4.99. The molecule has 0 spiro atoms. The normalized spacial score (nSPS) is 17.6. The van der Waals surface area contributed by atoms with Crippen molar-refractivity contribution in [2.45, 2.75) is 31.2 Å². The number of nitrogens with zero attached hydrogens (tertiary/aromatic N) is 4. The number of benzene rings is 2. The Morgan fingerprint density at radius 1 is 1.08 bits per heavy atom. The van der Waals surface area contributed by atoms with E-state index in [-0.39, 0.29) is 23.2 Å². The number of aromatic nitrogens is 2. The van der Waals surface area contributed by atoms with Gasteiger partial charge in [-0.05, 0) is 50.2 Å². The summed E-state index contributed by atoms with van der Waals surface area (Å²) in [6.07, 6.45) is -4.00. The largest absolute Gasteiger partial charge is 0.573 e. The maximum Gasteiger partial charge on any atom is 0.573 e. The number of amides is 1. The molecule has 0 radical (unpaired) electrons. The van der Waals surface area contributed by atoms with Crippen molar-refractivity contribution >= 4 is 28.7 Å². The minimum Gasteiger partial charge on any atom is -0.404 e. The highest BCUT2D eigenvalue weighted by atomic mass is 32.1. The number of ether oxygens (including phenoxy) is 1. The van der Waals surface area contributed by atoms with Crippen molar-refractivity contribution in [3.8, 4) is 16.3 Å². The van der Waals surface area contributed by atoms with E-state index in [0.717, 1.165) is 30.5 Å². The predicted octanol–water partition coefficient (Wildman–Crippen LogP) is 4.39. The van der Waals surface area contributed by atoms with Gasteiger partial charge in [0, 0.05) is 37.3 Å². The van der Waals surface area contributed by atoms with Crippen molar-refractivity contribution < 1.29 is 31.9 Å². The number of alkyl halides is 3. The Balaban J connectivity index is 1.35. The molecule has 1 saturated heterocycles. The van der Waals surface area contributed by atoms with E-state index in [2.05, 4.69) is 30.1 Å². The number of carbonyl (C=O) groups excluding carboxylic acids is 2. The van der Waals surface area contributed by atoms with Crippen LogP contribution in [0.4, 0.5) is 23.2 Å². The Bertz CT molecular complexity index is 1380. The lowest BCUT2D eigenvalue weighted by atomic mass is 10.1. The van der Waals surface area contributed by atoms with Gasteiger partial charge in [-0.3, -0.25) is 14.5 Å². The van der Waals surface area contributed by atoms with E-state index in [9.17, 15) is 27.2 Å². The molecule has 8 nitrogen and oxygen atoms in total. The Kier molecular flexibility index (Phi) is 7.40. The van der Waals surface area contributed by atoms with Gasteiger partial charge in [-0.15, -0.1) is 23.4 Å². The highest BCUT2D eigenvalue weighted by Gasteiger charge is 2.55. The van der Waals surface area contributed by atoms with Crippen LogP contribution in [-0.2, 0) is 11.2 Å². The maximum atomic E-state index is 14.1. The second-order valence-electron chi connectivity index (χ2n) is 9.62. The van der Waals surface area contributed by atoms with Crippen molar-refractivity contribution in [2.75, 3.05) is 38.5 Å². The number of hydrogen-bond donors (Lipinski definition) is 1. The molecule has 3 aromatic rings. The first kappa shape index (κ1) is 27.2. The molecule has 39 heavy (non-hydrogen) atoms. The lowest BCUT2D eigenvalue weighted by Crippen LogP contribution is -2.54. The number of Topliss-reactive ketones (excluding diaryl/α,β-unsaturated/α-hetero) is 1. The quantitative estimate of drug-likeness (QED) is 0.321. The number of carbonyl (C=O) groups is 2. The fourth-order valence-electron chi connectivity index (χ4n) is 4.60. The van der Waals surface area contributed by atoms with E-state index in [0.29, 0.717) is 35.9 Å². The lowest BCUT2D eigenvalue weighted by Gasteiger charge is -2.37. The van der Waals surface area contributed by atoms with E-state index < -0.39 is 35.2 Å². The van der Waals surface area contributed by atoms with Crippen LogP contribution in [0, 0.1) is 5.82 Å². The summed E-state index contributed by atoms with van der Waals surface area (Å²) in [4.78, 5) is 30.5. The summed E-state index contributed by atoms with van der Waals surface area (Å²) in [6.45, 7) is 2.91. The van der Waals surface area contributed by atoms with Crippen molar-refractivity contribution in [2.24, 2.45) is 0 Å². The van der Waals surface area contributed by atoms with Gasteiger partial charge < -0.3 is 15.0 Å². The molecule has 1 aromatic heterocycles. The molecule has 206 valence electrons. The molecular formula is C26H25F4N5O3S. The average molecular weight is 564 g/mol. The van der Waals surface area contributed by atoms with Gasteiger partial charge in [0.05, 0.1) is 12.1 Å². The third kappa shape index (κ3) is 6.10. The van der Waals surface area contributed by atoms with E-state index in [4.69, 9.17) is 0 Å². The SMILES string of the molecule is CN1CCN(C2(C(=O)Nc3cc(C(=O)Cc4nnc(-c5ccccc5F)s4)ccc3OC(F)(F)F)CC2)CC1. The Hall–Kier alpha value is -3.42. The lowest BCUT2D eigenvalue weighted by molar-refractivity contribution is -0.274. The summed E-state index contributed by atoms with van der Waals surface area (Å²) >= 11 is 1.04. The average Bonchev–Trinajstić information content (AvgIpc) is 3.57. The molecule has 0 unspecified atom stereocenters. The van der Waals surface area contributed by atoms with Gasteiger partial charge in [0.15, 0.2) is 16.5 Å². The van der Waals surface area contributed by atoms with Gasteiger partial charge in [-0.2, -0.15) is 0 Å². The first-order chi connectivity index (χ1) is 18.5. The Labute approximate surface area is 225 Å². The monoisotopic (exact) mass is 563 g/mol. The molecule has 2 aromatic carbocycles. The zero-order chi connectivity index (χ0) is 27.8. The number of anilines is 1. The molecule has 0 atom stereocenters. The zero-order valence-corrected chi connectivity index (χ0v) is 21.7. The van der Waals surface area contributed by atoms with Crippen molar-refractivity contribution in [3.05, 3.63) is 58.9 Å². The standard InChI is InChI=1S/C26H25F4N5O3S/c1-34-10-12-35(13-11-34)25(8-9-25)24(37)31-19-14-16(6-7-21(19)38-26(28,29)30)20(36)15-22-32-33-23(39-22)17-4-2-3-5-18(17)27/h2-7,14H,8-13,15H2,1H3,(H,31,37). The fraction of sp³-hybridized carbons (Fsp3) is 0.385. The summed E-state index contributed by atoms with van der Waals surface area (Å²) in [5.74, 6) is -1.97. The molecule has 0 bridgehead atoms. The number of hydrogen-bond acceptors (Lipinski definition) is 8. The summed E-state index contributed by atoms with van der Waals surface area (Å²) in [5.41, 5.74) is -0.714. The number of halogens is 4. The van der Waals surface area contributed by atoms with Crippen molar-refractivity contribution in [3.63, 3.8) is 0 Å². The van der Waals surface area contributed by atoms with E-state index in [1.807, 2.05) is 7.05 Å². The molecule has 1 N–H and O–H groups in total. The number of rotatable bonds is 8. The molecule has 2 fully saturated rings. The van der Waals surface area contributed by atoms with Gasteiger partial charge >= 0.3 is 6.36 Å². The van der Waals surface area contributed by atoms with Gasteiger partial charge in [-0.25, -0.2) is 4.39 Å². The molecule has 13 heteroatoms. The second-order valence-corrected chi connectivity index (χ2v) is 10.7. The number of likely N-dealkylation sites (N-methyl/N-ethyl adjacent to an activating group) is 1. The van der Waals surface area contributed by atoms with Crippen molar-refractivity contribution in [1.82, 2.24) is 20.0 Å². The third-order valence-corrected chi connectivity index (χ3v) is 7.87. The van der Waals surface area contributed by atoms with Crippen LogP contribution in [0.3, 0.4) is 0 Å². The van der Waals surface area contributed by atoms with Crippen LogP contribution in [0.2, 0.25) is 0 Å². The Morgan fingerprint density at radius 3 is 2.46 bits per heavy atom. The van der Waals surface area contributed by atoms with Gasteiger partial charge in [0.1, 0.15) is 16.4 Å². The smallest absolute Gasteiger partial charge is 0.404 e. The fourth-order valence-corrected chi connectivity index (χ4v) is 5.47. The summed E-state index contributed by atoms with van der Waals surface area (Å²) in [5, 5.41) is 11.1.